The zero-order chi connectivity index (χ0) is 11.4. The third-order valence-corrected chi connectivity index (χ3v) is 2.04. The first-order valence-electron chi connectivity index (χ1n) is 4.40. The highest BCUT2D eigenvalue weighted by Crippen LogP contribution is 2.28. The monoisotopic (exact) mass is 208 g/mol. The summed E-state index contributed by atoms with van der Waals surface area (Å²) in [5.74, 6) is -0.0325. The summed E-state index contributed by atoms with van der Waals surface area (Å²) in [7, 11) is 0. The lowest BCUT2D eigenvalue weighted by Crippen LogP contribution is -2.09. The molecule has 0 aliphatic heterocycles. The van der Waals surface area contributed by atoms with Crippen molar-refractivity contribution in [3.05, 3.63) is 46.5 Å². The molecule has 0 amide bonds. The lowest BCUT2D eigenvalue weighted by Gasteiger charge is -2.10. The molecule has 1 rings (SSSR count). The standard InChI is InChI=1S/C10H12N2O3/c1-2-3-9(11)8-6-7(12(14)15)4-5-10(8)13/h2,4-6,9,13H,1,3,11H2/t9-/m1/s1. The van der Waals surface area contributed by atoms with E-state index in [4.69, 9.17) is 5.73 Å². The second kappa shape index (κ2) is 4.56. The number of nitro benzene ring substituents is 1. The van der Waals surface area contributed by atoms with E-state index in [0.29, 0.717) is 12.0 Å². The molecule has 0 aliphatic rings. The predicted molar refractivity (Wildman–Crippen MR) is 56.5 cm³/mol. The van der Waals surface area contributed by atoms with Crippen LogP contribution in [0.15, 0.2) is 30.9 Å². The molecule has 1 aromatic rings. The third kappa shape index (κ3) is 2.54. The van der Waals surface area contributed by atoms with Crippen LogP contribution in [0.1, 0.15) is 18.0 Å². The second-order valence-electron chi connectivity index (χ2n) is 3.13. The Morgan fingerprint density at radius 2 is 2.33 bits per heavy atom. The van der Waals surface area contributed by atoms with Crippen LogP contribution in [-0.4, -0.2) is 10.0 Å². The van der Waals surface area contributed by atoms with Crippen molar-refractivity contribution in [1.82, 2.24) is 0 Å². The Bertz CT molecular complexity index is 390. The average Bonchev–Trinajstić information content (AvgIpc) is 2.18. The van der Waals surface area contributed by atoms with Crippen molar-refractivity contribution >= 4 is 5.69 Å². The van der Waals surface area contributed by atoms with Crippen molar-refractivity contribution in [2.24, 2.45) is 5.73 Å². The van der Waals surface area contributed by atoms with Crippen LogP contribution >= 0.6 is 0 Å². The van der Waals surface area contributed by atoms with Gasteiger partial charge in [0.25, 0.3) is 5.69 Å². The summed E-state index contributed by atoms with van der Waals surface area (Å²) in [6, 6.07) is 3.32. The lowest BCUT2D eigenvalue weighted by atomic mass is 10.0. The topological polar surface area (TPSA) is 89.4 Å². The maximum Gasteiger partial charge on any atom is 0.270 e. The van der Waals surface area contributed by atoms with Gasteiger partial charge in [0, 0.05) is 23.7 Å². The van der Waals surface area contributed by atoms with Gasteiger partial charge in [-0.15, -0.1) is 6.58 Å². The summed E-state index contributed by atoms with van der Waals surface area (Å²) in [6.45, 7) is 3.52. The summed E-state index contributed by atoms with van der Waals surface area (Å²) in [4.78, 5) is 9.98. The van der Waals surface area contributed by atoms with Crippen LogP contribution < -0.4 is 5.73 Å². The van der Waals surface area contributed by atoms with Gasteiger partial charge in [-0.25, -0.2) is 0 Å². The van der Waals surface area contributed by atoms with Gasteiger partial charge in [-0.3, -0.25) is 10.1 Å². The van der Waals surface area contributed by atoms with Crippen molar-refractivity contribution in [2.45, 2.75) is 12.5 Å². The van der Waals surface area contributed by atoms with E-state index < -0.39 is 11.0 Å². The third-order valence-electron chi connectivity index (χ3n) is 2.04. The van der Waals surface area contributed by atoms with E-state index in [1.54, 1.807) is 6.08 Å². The molecule has 0 saturated heterocycles. The first-order chi connectivity index (χ1) is 7.06. The van der Waals surface area contributed by atoms with E-state index >= 15 is 0 Å². The molecule has 1 atom stereocenters. The molecule has 0 fully saturated rings. The van der Waals surface area contributed by atoms with Gasteiger partial charge >= 0.3 is 0 Å². The van der Waals surface area contributed by atoms with Crippen molar-refractivity contribution in [1.29, 1.82) is 0 Å². The maximum atomic E-state index is 10.5. The molecule has 5 nitrogen and oxygen atoms in total. The number of hydrogen-bond acceptors (Lipinski definition) is 4. The van der Waals surface area contributed by atoms with E-state index in [2.05, 4.69) is 6.58 Å². The Morgan fingerprint density at radius 1 is 1.67 bits per heavy atom. The van der Waals surface area contributed by atoms with E-state index in [1.165, 1.54) is 18.2 Å². The number of aromatic hydroxyl groups is 1. The number of non-ortho nitro benzene ring substituents is 1. The molecule has 5 heteroatoms. The van der Waals surface area contributed by atoms with Crippen LogP contribution in [0, 0.1) is 10.1 Å². The van der Waals surface area contributed by atoms with Crippen LogP contribution in [0.3, 0.4) is 0 Å². The van der Waals surface area contributed by atoms with Crippen molar-refractivity contribution in [3.63, 3.8) is 0 Å². The minimum absolute atomic E-state index is 0.0325. The van der Waals surface area contributed by atoms with Gasteiger partial charge in [-0.05, 0) is 12.5 Å². The van der Waals surface area contributed by atoms with E-state index in [0.717, 1.165) is 0 Å². The Kier molecular flexibility index (Phi) is 3.41. The molecule has 80 valence electrons. The molecule has 0 spiro atoms. The highest BCUT2D eigenvalue weighted by atomic mass is 16.6. The molecule has 15 heavy (non-hydrogen) atoms. The van der Waals surface area contributed by atoms with Crippen LogP contribution in [-0.2, 0) is 0 Å². The number of nitrogens with zero attached hydrogens (tertiary/aromatic N) is 1. The lowest BCUT2D eigenvalue weighted by molar-refractivity contribution is -0.385. The minimum atomic E-state index is -0.524. The molecule has 0 aliphatic carbocycles. The van der Waals surface area contributed by atoms with Gasteiger partial charge in [0.15, 0.2) is 0 Å². The first kappa shape index (κ1) is 11.2. The smallest absolute Gasteiger partial charge is 0.270 e. The van der Waals surface area contributed by atoms with Gasteiger partial charge in [0.05, 0.1) is 4.92 Å². The van der Waals surface area contributed by atoms with Crippen molar-refractivity contribution < 1.29 is 10.0 Å². The molecule has 0 radical (unpaired) electrons. The minimum Gasteiger partial charge on any atom is -0.508 e. The Hall–Kier alpha value is -1.88. The number of phenolic OH excluding ortho intramolecular Hbond substituents is 1. The van der Waals surface area contributed by atoms with Crippen LogP contribution in [0.2, 0.25) is 0 Å². The SMILES string of the molecule is C=CC[C@@H](N)c1cc([N+](=O)[O-])ccc1O. The molecule has 0 bridgehead atoms. The van der Waals surface area contributed by atoms with Gasteiger partial charge in [-0.1, -0.05) is 6.08 Å². The predicted octanol–water partition coefficient (Wildman–Crippen LogP) is 1.88. The van der Waals surface area contributed by atoms with Crippen molar-refractivity contribution in [3.8, 4) is 5.75 Å². The number of phenols is 1. The average molecular weight is 208 g/mol. The molecule has 0 unspecified atom stereocenters. The number of nitro groups is 1. The summed E-state index contributed by atoms with van der Waals surface area (Å²) < 4.78 is 0. The van der Waals surface area contributed by atoms with E-state index in [9.17, 15) is 15.2 Å². The number of hydrogen-bond donors (Lipinski definition) is 2. The summed E-state index contributed by atoms with van der Waals surface area (Å²) in [6.07, 6.45) is 2.05. The summed E-state index contributed by atoms with van der Waals surface area (Å²) in [5, 5.41) is 20.0. The van der Waals surface area contributed by atoms with Gasteiger partial charge in [-0.2, -0.15) is 0 Å². The first-order valence-corrected chi connectivity index (χ1v) is 4.40. The van der Waals surface area contributed by atoms with E-state index in [1.807, 2.05) is 0 Å². The molecule has 0 saturated carbocycles. The molecule has 1 aromatic carbocycles. The van der Waals surface area contributed by atoms with Gasteiger partial charge in [0.2, 0.25) is 0 Å². The maximum absolute atomic E-state index is 10.5. The van der Waals surface area contributed by atoms with Crippen LogP contribution in [0.25, 0.3) is 0 Å². The Morgan fingerprint density at radius 3 is 2.87 bits per heavy atom. The molecule has 0 heterocycles. The molecule has 0 aromatic heterocycles. The summed E-state index contributed by atoms with van der Waals surface area (Å²) in [5.41, 5.74) is 6.01. The number of rotatable bonds is 4. The molecular formula is C10H12N2O3. The zero-order valence-corrected chi connectivity index (χ0v) is 8.09. The van der Waals surface area contributed by atoms with Gasteiger partial charge < -0.3 is 10.8 Å². The quantitative estimate of drug-likeness (QED) is 0.449. The van der Waals surface area contributed by atoms with Crippen molar-refractivity contribution in [2.75, 3.05) is 0 Å². The Balaban J connectivity index is 3.09. The highest BCUT2D eigenvalue weighted by Gasteiger charge is 2.14. The fourth-order valence-corrected chi connectivity index (χ4v) is 1.26. The highest BCUT2D eigenvalue weighted by molar-refractivity contribution is 5.44. The van der Waals surface area contributed by atoms with Crippen LogP contribution in [0.5, 0.6) is 5.75 Å². The second-order valence-corrected chi connectivity index (χ2v) is 3.13. The molecular weight excluding hydrogens is 196 g/mol. The fourth-order valence-electron chi connectivity index (χ4n) is 1.26. The zero-order valence-electron chi connectivity index (χ0n) is 8.09. The molecule has 3 N–H and O–H groups in total. The van der Waals surface area contributed by atoms with Crippen LogP contribution in [0.4, 0.5) is 5.69 Å². The van der Waals surface area contributed by atoms with E-state index in [-0.39, 0.29) is 11.4 Å². The fraction of sp³-hybridized carbons (Fsp3) is 0.200. The largest absolute Gasteiger partial charge is 0.508 e. The van der Waals surface area contributed by atoms with Gasteiger partial charge in [0.1, 0.15) is 5.75 Å². The number of nitrogens with two attached hydrogens (primary N) is 1. The number of benzene rings is 1. The Labute approximate surface area is 87.0 Å². The summed E-state index contributed by atoms with van der Waals surface area (Å²) >= 11 is 0. The normalized spacial score (nSPS) is 12.1.